The smallest absolute Gasteiger partial charge is 0.307 e. The van der Waals surface area contributed by atoms with Crippen LogP contribution in [0.15, 0.2) is 42.5 Å². The van der Waals surface area contributed by atoms with E-state index in [0.717, 1.165) is 11.1 Å². The summed E-state index contributed by atoms with van der Waals surface area (Å²) in [4.78, 5) is 10.8. The molecule has 0 aliphatic rings. The minimum atomic E-state index is -0.877. The second kappa shape index (κ2) is 5.23. The van der Waals surface area contributed by atoms with Crippen LogP contribution in [0.5, 0.6) is 0 Å². The number of halogens is 1. The third-order valence-electron chi connectivity index (χ3n) is 2.74. The number of aryl methyl sites for hydroxylation is 1. The minimum Gasteiger partial charge on any atom is -0.481 e. The number of carbonyl (C=O) groups is 1. The second-order valence-electron chi connectivity index (χ2n) is 4.25. The summed E-state index contributed by atoms with van der Waals surface area (Å²) in [7, 11) is 0. The standard InChI is InChI=1S/C15H13ClO2/c1-10-3-2-4-11(7-10)12-5-6-14(16)13(8-12)9-15(17)18/h2-8H,9H2,1H3,(H,17,18). The van der Waals surface area contributed by atoms with Crippen molar-refractivity contribution in [3.8, 4) is 11.1 Å². The molecule has 0 amide bonds. The Kier molecular flexibility index (Phi) is 3.68. The predicted molar refractivity (Wildman–Crippen MR) is 73.0 cm³/mol. The number of carboxylic acids is 1. The molecule has 0 saturated heterocycles. The van der Waals surface area contributed by atoms with Gasteiger partial charge in [-0.05, 0) is 35.7 Å². The zero-order valence-corrected chi connectivity index (χ0v) is 10.7. The summed E-state index contributed by atoms with van der Waals surface area (Å²) in [5, 5.41) is 9.33. The van der Waals surface area contributed by atoms with Gasteiger partial charge < -0.3 is 5.11 Å². The summed E-state index contributed by atoms with van der Waals surface area (Å²) in [6, 6.07) is 13.6. The van der Waals surface area contributed by atoms with Crippen molar-refractivity contribution in [1.82, 2.24) is 0 Å². The number of rotatable bonds is 3. The van der Waals surface area contributed by atoms with E-state index in [1.54, 1.807) is 6.07 Å². The van der Waals surface area contributed by atoms with Crippen molar-refractivity contribution in [3.05, 3.63) is 58.6 Å². The first kappa shape index (κ1) is 12.7. The first-order valence-corrected chi connectivity index (χ1v) is 6.01. The van der Waals surface area contributed by atoms with Crippen LogP contribution < -0.4 is 0 Å². The van der Waals surface area contributed by atoms with E-state index in [9.17, 15) is 4.79 Å². The number of hydrogen-bond acceptors (Lipinski definition) is 1. The zero-order chi connectivity index (χ0) is 13.1. The summed E-state index contributed by atoms with van der Waals surface area (Å²) >= 11 is 6.00. The molecule has 0 aliphatic carbocycles. The number of benzene rings is 2. The molecule has 0 saturated carbocycles. The average molecular weight is 261 g/mol. The van der Waals surface area contributed by atoms with Crippen LogP contribution in [0.2, 0.25) is 5.02 Å². The van der Waals surface area contributed by atoms with Gasteiger partial charge in [-0.3, -0.25) is 4.79 Å². The normalized spacial score (nSPS) is 10.3. The van der Waals surface area contributed by atoms with Gasteiger partial charge in [0.25, 0.3) is 0 Å². The fourth-order valence-electron chi connectivity index (χ4n) is 1.88. The largest absolute Gasteiger partial charge is 0.481 e. The SMILES string of the molecule is Cc1cccc(-c2ccc(Cl)c(CC(=O)O)c2)c1. The topological polar surface area (TPSA) is 37.3 Å². The van der Waals surface area contributed by atoms with E-state index in [-0.39, 0.29) is 6.42 Å². The highest BCUT2D eigenvalue weighted by Crippen LogP contribution is 2.26. The molecule has 0 fully saturated rings. The lowest BCUT2D eigenvalue weighted by Crippen LogP contribution is -2.00. The molecule has 0 radical (unpaired) electrons. The summed E-state index contributed by atoms with van der Waals surface area (Å²) in [6.45, 7) is 2.03. The van der Waals surface area contributed by atoms with Crippen molar-refractivity contribution < 1.29 is 9.90 Å². The Labute approximate surface area is 111 Å². The van der Waals surface area contributed by atoms with Crippen molar-refractivity contribution in [2.75, 3.05) is 0 Å². The lowest BCUT2D eigenvalue weighted by atomic mass is 10.0. The van der Waals surface area contributed by atoms with Crippen LogP contribution in [0, 0.1) is 6.92 Å². The Morgan fingerprint density at radius 3 is 2.56 bits per heavy atom. The third kappa shape index (κ3) is 2.90. The summed E-state index contributed by atoms with van der Waals surface area (Å²) in [5.41, 5.74) is 3.86. The van der Waals surface area contributed by atoms with Gasteiger partial charge in [0.05, 0.1) is 6.42 Å². The van der Waals surface area contributed by atoms with Crippen LogP contribution in [-0.2, 0) is 11.2 Å². The maximum atomic E-state index is 10.8. The van der Waals surface area contributed by atoms with Gasteiger partial charge >= 0.3 is 5.97 Å². The van der Waals surface area contributed by atoms with Gasteiger partial charge in [0.2, 0.25) is 0 Å². The molecule has 1 N–H and O–H groups in total. The van der Waals surface area contributed by atoms with E-state index in [4.69, 9.17) is 16.7 Å². The van der Waals surface area contributed by atoms with E-state index in [2.05, 4.69) is 6.07 Å². The van der Waals surface area contributed by atoms with Gasteiger partial charge in [-0.15, -0.1) is 0 Å². The first-order chi connectivity index (χ1) is 8.56. The van der Waals surface area contributed by atoms with Gasteiger partial charge in [-0.1, -0.05) is 47.5 Å². The summed E-state index contributed by atoms with van der Waals surface area (Å²) in [5.74, 6) is -0.877. The zero-order valence-electron chi connectivity index (χ0n) is 9.98. The number of carboxylic acid groups (broad SMARTS) is 1. The Balaban J connectivity index is 2.43. The van der Waals surface area contributed by atoms with Gasteiger partial charge in [0.15, 0.2) is 0 Å². The quantitative estimate of drug-likeness (QED) is 0.908. The van der Waals surface area contributed by atoms with E-state index < -0.39 is 5.97 Å². The molecule has 0 aliphatic heterocycles. The fourth-order valence-corrected chi connectivity index (χ4v) is 2.06. The molecule has 2 rings (SSSR count). The molecule has 0 atom stereocenters. The van der Waals surface area contributed by atoms with Crippen LogP contribution >= 0.6 is 11.6 Å². The van der Waals surface area contributed by atoms with Crippen molar-refractivity contribution in [2.24, 2.45) is 0 Å². The Morgan fingerprint density at radius 1 is 1.17 bits per heavy atom. The number of hydrogen-bond donors (Lipinski definition) is 1. The van der Waals surface area contributed by atoms with E-state index in [0.29, 0.717) is 10.6 Å². The third-order valence-corrected chi connectivity index (χ3v) is 3.11. The predicted octanol–water partition coefficient (Wildman–Crippen LogP) is 3.94. The Hall–Kier alpha value is -1.80. The van der Waals surface area contributed by atoms with Crippen LogP contribution in [0.3, 0.4) is 0 Å². The van der Waals surface area contributed by atoms with Crippen molar-refractivity contribution >= 4 is 17.6 Å². The summed E-state index contributed by atoms with van der Waals surface area (Å²) in [6.07, 6.45) is -0.0571. The van der Waals surface area contributed by atoms with Crippen molar-refractivity contribution in [2.45, 2.75) is 13.3 Å². The Morgan fingerprint density at radius 2 is 1.89 bits per heavy atom. The molecule has 0 unspecified atom stereocenters. The first-order valence-electron chi connectivity index (χ1n) is 5.63. The monoisotopic (exact) mass is 260 g/mol. The van der Waals surface area contributed by atoms with Gasteiger partial charge in [0.1, 0.15) is 0 Å². The molecule has 2 aromatic carbocycles. The highest BCUT2D eigenvalue weighted by molar-refractivity contribution is 6.31. The molecule has 0 heterocycles. The van der Waals surface area contributed by atoms with Crippen LogP contribution in [0.4, 0.5) is 0 Å². The molecule has 0 bridgehead atoms. The Bertz CT molecular complexity index is 591. The lowest BCUT2D eigenvalue weighted by Gasteiger charge is -2.07. The van der Waals surface area contributed by atoms with Crippen molar-refractivity contribution in [1.29, 1.82) is 0 Å². The van der Waals surface area contributed by atoms with E-state index in [1.165, 1.54) is 5.56 Å². The van der Waals surface area contributed by atoms with Crippen LogP contribution in [-0.4, -0.2) is 11.1 Å². The molecule has 2 nitrogen and oxygen atoms in total. The minimum absolute atomic E-state index is 0.0571. The lowest BCUT2D eigenvalue weighted by molar-refractivity contribution is -0.136. The van der Waals surface area contributed by atoms with Crippen LogP contribution in [0.25, 0.3) is 11.1 Å². The molecular formula is C15H13ClO2. The average Bonchev–Trinajstić information content (AvgIpc) is 2.31. The molecule has 3 heteroatoms. The van der Waals surface area contributed by atoms with E-state index >= 15 is 0 Å². The summed E-state index contributed by atoms with van der Waals surface area (Å²) < 4.78 is 0. The molecular weight excluding hydrogens is 248 g/mol. The molecule has 0 spiro atoms. The van der Waals surface area contributed by atoms with Crippen LogP contribution in [0.1, 0.15) is 11.1 Å². The molecule has 2 aromatic rings. The van der Waals surface area contributed by atoms with Gasteiger partial charge in [-0.25, -0.2) is 0 Å². The maximum absolute atomic E-state index is 10.8. The highest BCUT2D eigenvalue weighted by atomic mass is 35.5. The molecule has 0 aromatic heterocycles. The highest BCUT2D eigenvalue weighted by Gasteiger charge is 2.07. The van der Waals surface area contributed by atoms with Gasteiger partial charge in [-0.2, -0.15) is 0 Å². The molecule has 18 heavy (non-hydrogen) atoms. The second-order valence-corrected chi connectivity index (χ2v) is 4.65. The van der Waals surface area contributed by atoms with E-state index in [1.807, 2.05) is 37.3 Å². The van der Waals surface area contributed by atoms with Crippen molar-refractivity contribution in [3.63, 3.8) is 0 Å². The maximum Gasteiger partial charge on any atom is 0.307 e. The number of aliphatic carboxylic acids is 1. The molecule has 92 valence electrons. The fraction of sp³-hybridized carbons (Fsp3) is 0.133. The van der Waals surface area contributed by atoms with Gasteiger partial charge in [0, 0.05) is 5.02 Å².